The van der Waals surface area contributed by atoms with Crippen LogP contribution in [-0.2, 0) is 5.67 Å². The van der Waals surface area contributed by atoms with Crippen LogP contribution in [0.5, 0.6) is 0 Å². The molecule has 1 nitrogen and oxygen atoms in total. The normalized spacial score (nSPS) is 31.3. The van der Waals surface area contributed by atoms with Crippen LogP contribution in [0.4, 0.5) is 13.2 Å². The highest BCUT2D eigenvalue weighted by atomic mass is 19.2. The van der Waals surface area contributed by atoms with E-state index in [1.165, 1.54) is 0 Å². The Balaban J connectivity index is 2.33. The number of benzene rings is 1. The van der Waals surface area contributed by atoms with Crippen molar-refractivity contribution in [3.63, 3.8) is 0 Å². The topological polar surface area (TPSA) is 26.0 Å². The van der Waals surface area contributed by atoms with Crippen LogP contribution in [0.15, 0.2) is 18.2 Å². The Kier molecular flexibility index (Phi) is 2.03. The summed E-state index contributed by atoms with van der Waals surface area (Å²) in [5.41, 5.74) is 3.65. The zero-order valence-corrected chi connectivity index (χ0v) is 7.43. The van der Waals surface area contributed by atoms with E-state index in [0.717, 1.165) is 12.1 Å². The van der Waals surface area contributed by atoms with Gasteiger partial charge in [-0.15, -0.1) is 0 Å². The summed E-state index contributed by atoms with van der Waals surface area (Å²) in [6.07, 6.45) is 0.213. The summed E-state index contributed by atoms with van der Waals surface area (Å²) >= 11 is 0. The van der Waals surface area contributed by atoms with E-state index in [2.05, 4.69) is 0 Å². The van der Waals surface area contributed by atoms with Gasteiger partial charge in [0.1, 0.15) is 17.3 Å². The largest absolute Gasteiger partial charge is 0.327 e. The molecule has 0 unspecified atom stereocenters. The van der Waals surface area contributed by atoms with Gasteiger partial charge in [0.25, 0.3) is 0 Å². The van der Waals surface area contributed by atoms with Gasteiger partial charge in [-0.2, -0.15) is 0 Å². The Bertz CT molecular complexity index is 358. The zero-order valence-electron chi connectivity index (χ0n) is 7.43. The second-order valence-electron chi connectivity index (χ2n) is 3.76. The molecule has 4 heteroatoms. The van der Waals surface area contributed by atoms with Crippen molar-refractivity contribution in [2.45, 2.75) is 24.6 Å². The van der Waals surface area contributed by atoms with Gasteiger partial charge in [-0.1, -0.05) is 0 Å². The summed E-state index contributed by atoms with van der Waals surface area (Å²) in [4.78, 5) is 0. The summed E-state index contributed by atoms with van der Waals surface area (Å²) in [7, 11) is 0. The molecule has 1 aliphatic rings. The molecule has 0 bridgehead atoms. The summed E-state index contributed by atoms with van der Waals surface area (Å²) in [5.74, 6) is -1.53. The number of nitrogens with two attached hydrogens (primary N) is 1. The molecular formula is C10H10F3N. The molecule has 0 atom stereocenters. The maximum Gasteiger partial charge on any atom is 0.141 e. The lowest BCUT2D eigenvalue weighted by molar-refractivity contribution is 0.0367. The highest BCUT2D eigenvalue weighted by Gasteiger charge is 2.46. The second-order valence-corrected chi connectivity index (χ2v) is 3.76. The molecule has 0 amide bonds. The van der Waals surface area contributed by atoms with E-state index < -0.39 is 17.3 Å². The minimum atomic E-state index is -1.70. The zero-order chi connectivity index (χ0) is 10.3. The van der Waals surface area contributed by atoms with Gasteiger partial charge in [0, 0.05) is 30.5 Å². The minimum Gasteiger partial charge on any atom is -0.327 e. The molecule has 0 aromatic heterocycles. The lowest BCUT2D eigenvalue weighted by Crippen LogP contribution is -2.46. The van der Waals surface area contributed by atoms with E-state index in [9.17, 15) is 13.2 Å². The summed E-state index contributed by atoms with van der Waals surface area (Å²) in [6.45, 7) is 0. The first-order valence-electron chi connectivity index (χ1n) is 4.41. The van der Waals surface area contributed by atoms with Gasteiger partial charge in [-0.05, 0) is 12.1 Å². The molecule has 2 N–H and O–H groups in total. The smallest absolute Gasteiger partial charge is 0.141 e. The lowest BCUT2D eigenvalue weighted by Gasteiger charge is -2.39. The Labute approximate surface area is 79.7 Å². The maximum absolute atomic E-state index is 13.8. The van der Waals surface area contributed by atoms with Crippen molar-refractivity contribution in [3.05, 3.63) is 35.4 Å². The minimum absolute atomic E-state index is 0.0828. The fourth-order valence-electron chi connectivity index (χ4n) is 1.84. The SMILES string of the molecule is NC1CC(F)(c2ccc(F)cc2F)C1. The van der Waals surface area contributed by atoms with Gasteiger partial charge in [0.15, 0.2) is 0 Å². The van der Waals surface area contributed by atoms with Crippen LogP contribution in [-0.4, -0.2) is 6.04 Å². The average Bonchev–Trinajstić information content (AvgIpc) is 2.00. The van der Waals surface area contributed by atoms with Crippen molar-refractivity contribution in [2.75, 3.05) is 0 Å². The molecule has 0 spiro atoms. The molecule has 0 heterocycles. The third-order valence-corrected chi connectivity index (χ3v) is 2.59. The number of hydrogen-bond acceptors (Lipinski definition) is 1. The van der Waals surface area contributed by atoms with Gasteiger partial charge < -0.3 is 5.73 Å². The molecular weight excluding hydrogens is 191 g/mol. The highest BCUT2D eigenvalue weighted by molar-refractivity contribution is 5.28. The monoisotopic (exact) mass is 201 g/mol. The van der Waals surface area contributed by atoms with Crippen LogP contribution in [0.3, 0.4) is 0 Å². The van der Waals surface area contributed by atoms with Crippen LogP contribution < -0.4 is 5.73 Å². The van der Waals surface area contributed by atoms with Crippen molar-refractivity contribution >= 4 is 0 Å². The van der Waals surface area contributed by atoms with Gasteiger partial charge >= 0.3 is 0 Å². The highest BCUT2D eigenvalue weighted by Crippen LogP contribution is 2.45. The maximum atomic E-state index is 13.8. The number of rotatable bonds is 1. The van der Waals surface area contributed by atoms with Gasteiger partial charge in [-0.3, -0.25) is 0 Å². The predicted octanol–water partition coefficient (Wildman–Crippen LogP) is 2.25. The third kappa shape index (κ3) is 1.39. The third-order valence-electron chi connectivity index (χ3n) is 2.59. The Morgan fingerprint density at radius 2 is 1.93 bits per heavy atom. The van der Waals surface area contributed by atoms with E-state index in [4.69, 9.17) is 5.73 Å². The van der Waals surface area contributed by atoms with Gasteiger partial charge in [-0.25, -0.2) is 13.2 Å². The van der Waals surface area contributed by atoms with Crippen molar-refractivity contribution < 1.29 is 13.2 Å². The van der Waals surface area contributed by atoms with Crippen LogP contribution in [0.2, 0.25) is 0 Å². The van der Waals surface area contributed by atoms with Crippen LogP contribution >= 0.6 is 0 Å². The Morgan fingerprint density at radius 3 is 2.43 bits per heavy atom. The molecule has 1 aromatic rings. The molecule has 0 aliphatic heterocycles. The van der Waals surface area contributed by atoms with Crippen LogP contribution in [0, 0.1) is 11.6 Å². The van der Waals surface area contributed by atoms with Crippen LogP contribution in [0.25, 0.3) is 0 Å². The fraction of sp³-hybridized carbons (Fsp3) is 0.400. The predicted molar refractivity (Wildman–Crippen MR) is 46.4 cm³/mol. The van der Waals surface area contributed by atoms with Gasteiger partial charge in [0.2, 0.25) is 0 Å². The summed E-state index contributed by atoms with van der Waals surface area (Å²) < 4.78 is 39.6. The van der Waals surface area contributed by atoms with E-state index in [1.807, 2.05) is 0 Å². The van der Waals surface area contributed by atoms with E-state index >= 15 is 0 Å². The Hall–Kier alpha value is -1.03. The Morgan fingerprint density at radius 1 is 1.29 bits per heavy atom. The quantitative estimate of drug-likeness (QED) is 0.740. The van der Waals surface area contributed by atoms with E-state index in [-0.39, 0.29) is 24.4 Å². The molecule has 0 saturated heterocycles. The summed E-state index contributed by atoms with van der Waals surface area (Å²) in [5, 5.41) is 0. The molecule has 1 aliphatic carbocycles. The van der Waals surface area contributed by atoms with E-state index in [1.54, 1.807) is 0 Å². The van der Waals surface area contributed by atoms with E-state index in [0.29, 0.717) is 6.07 Å². The number of halogens is 3. The molecule has 2 rings (SSSR count). The lowest BCUT2D eigenvalue weighted by atomic mass is 9.73. The van der Waals surface area contributed by atoms with Gasteiger partial charge in [0.05, 0.1) is 0 Å². The first-order chi connectivity index (χ1) is 6.51. The molecule has 1 aromatic carbocycles. The first-order valence-corrected chi connectivity index (χ1v) is 4.41. The van der Waals surface area contributed by atoms with Crippen LogP contribution in [0.1, 0.15) is 18.4 Å². The molecule has 1 fully saturated rings. The molecule has 14 heavy (non-hydrogen) atoms. The number of alkyl halides is 1. The first kappa shape index (κ1) is 9.52. The molecule has 1 saturated carbocycles. The van der Waals surface area contributed by atoms with Crippen molar-refractivity contribution in [2.24, 2.45) is 5.73 Å². The van der Waals surface area contributed by atoms with Crippen molar-refractivity contribution in [1.82, 2.24) is 0 Å². The molecule has 76 valence electrons. The second kappa shape index (κ2) is 2.98. The fourth-order valence-corrected chi connectivity index (χ4v) is 1.84. The van der Waals surface area contributed by atoms with Crippen molar-refractivity contribution in [1.29, 1.82) is 0 Å². The number of hydrogen-bond donors (Lipinski definition) is 1. The summed E-state index contributed by atoms with van der Waals surface area (Å²) in [6, 6.07) is 2.69. The standard InChI is InChI=1S/C10H10F3N/c11-6-1-2-8(9(12)3-6)10(13)4-7(14)5-10/h1-3,7H,4-5,14H2. The molecule has 0 radical (unpaired) electrons. The van der Waals surface area contributed by atoms with Crippen molar-refractivity contribution in [3.8, 4) is 0 Å². The average molecular weight is 201 g/mol.